The van der Waals surface area contributed by atoms with E-state index in [1.165, 1.54) is 0 Å². The van der Waals surface area contributed by atoms with Crippen LogP contribution in [0.15, 0.2) is 30.3 Å². The number of aliphatic carboxylic acids is 2. The summed E-state index contributed by atoms with van der Waals surface area (Å²) in [4.78, 5) is 71.9. The van der Waals surface area contributed by atoms with Crippen LogP contribution in [-0.2, 0) is 35.2 Å². The zero-order valence-electron chi connectivity index (χ0n) is 20.1. The Kier molecular flexibility index (Phi) is 12.0. The van der Waals surface area contributed by atoms with Crippen molar-refractivity contribution >= 4 is 35.6 Å². The van der Waals surface area contributed by atoms with E-state index in [1.54, 1.807) is 38.1 Å². The van der Waals surface area contributed by atoms with Gasteiger partial charge >= 0.3 is 11.9 Å². The standard InChI is InChI=1S/C23H33N5O8/c1-12(2)8-15(26-20(32)14(24)9-13-6-4-3-5-7-13)21(33)27-16(11-19(30)31)22(34)28-17(23(35)36)10-18(25)29/h3-7,12,14-17H,8-11,24H2,1-2H3,(H2,25,29)(H,26,32)(H,27,33)(H,28,34)(H,30,31)(H,35,36). The maximum absolute atomic E-state index is 13.0. The van der Waals surface area contributed by atoms with Gasteiger partial charge in [0.05, 0.1) is 18.9 Å². The molecular weight excluding hydrogens is 474 g/mol. The summed E-state index contributed by atoms with van der Waals surface area (Å²) in [5.74, 6) is -6.72. The molecule has 13 heteroatoms. The third-order valence-corrected chi connectivity index (χ3v) is 5.01. The van der Waals surface area contributed by atoms with Crippen LogP contribution in [0.25, 0.3) is 0 Å². The lowest BCUT2D eigenvalue weighted by molar-refractivity contribution is -0.144. The molecule has 0 aliphatic heterocycles. The molecule has 0 bridgehead atoms. The number of hydrogen-bond acceptors (Lipinski definition) is 7. The number of primary amides is 1. The molecule has 0 heterocycles. The molecule has 0 aliphatic rings. The summed E-state index contributed by atoms with van der Waals surface area (Å²) in [5.41, 5.74) is 11.8. The van der Waals surface area contributed by atoms with Crippen LogP contribution in [0.4, 0.5) is 0 Å². The number of benzene rings is 1. The van der Waals surface area contributed by atoms with E-state index in [1.807, 2.05) is 11.4 Å². The highest BCUT2D eigenvalue weighted by atomic mass is 16.4. The van der Waals surface area contributed by atoms with Crippen molar-refractivity contribution in [1.29, 1.82) is 0 Å². The Labute approximate surface area is 208 Å². The molecule has 198 valence electrons. The second-order valence-electron chi connectivity index (χ2n) is 8.72. The van der Waals surface area contributed by atoms with Crippen LogP contribution >= 0.6 is 0 Å². The summed E-state index contributed by atoms with van der Waals surface area (Å²) in [6, 6.07) is 3.46. The van der Waals surface area contributed by atoms with Crippen molar-refractivity contribution in [3.63, 3.8) is 0 Å². The summed E-state index contributed by atoms with van der Waals surface area (Å²) in [7, 11) is 0. The zero-order chi connectivity index (χ0) is 27.4. The molecule has 9 N–H and O–H groups in total. The molecule has 0 spiro atoms. The smallest absolute Gasteiger partial charge is 0.326 e. The normalized spacial score (nSPS) is 14.1. The first-order valence-electron chi connectivity index (χ1n) is 11.2. The van der Waals surface area contributed by atoms with E-state index in [9.17, 15) is 33.9 Å². The first kappa shape index (κ1) is 30.0. The van der Waals surface area contributed by atoms with Crippen LogP contribution in [-0.4, -0.2) is 69.9 Å². The summed E-state index contributed by atoms with van der Waals surface area (Å²) >= 11 is 0. The Morgan fingerprint density at radius 3 is 1.83 bits per heavy atom. The molecule has 13 nitrogen and oxygen atoms in total. The Balaban J connectivity index is 2.98. The van der Waals surface area contributed by atoms with Crippen molar-refractivity contribution in [2.24, 2.45) is 17.4 Å². The van der Waals surface area contributed by atoms with Gasteiger partial charge < -0.3 is 37.6 Å². The number of nitrogens with two attached hydrogens (primary N) is 2. The van der Waals surface area contributed by atoms with Gasteiger partial charge in [-0.3, -0.25) is 24.0 Å². The summed E-state index contributed by atoms with van der Waals surface area (Å²) < 4.78 is 0. The first-order valence-corrected chi connectivity index (χ1v) is 11.2. The van der Waals surface area contributed by atoms with Crippen LogP contribution in [0, 0.1) is 5.92 Å². The molecule has 0 saturated heterocycles. The van der Waals surface area contributed by atoms with E-state index in [4.69, 9.17) is 16.6 Å². The lowest BCUT2D eigenvalue weighted by Crippen LogP contribution is -2.58. The minimum absolute atomic E-state index is 0.0786. The Morgan fingerprint density at radius 2 is 1.33 bits per heavy atom. The van der Waals surface area contributed by atoms with Gasteiger partial charge in [-0.25, -0.2) is 4.79 Å². The van der Waals surface area contributed by atoms with E-state index in [0.717, 1.165) is 5.56 Å². The van der Waals surface area contributed by atoms with Crippen molar-refractivity contribution in [1.82, 2.24) is 16.0 Å². The molecule has 1 aromatic rings. The van der Waals surface area contributed by atoms with Crippen LogP contribution < -0.4 is 27.4 Å². The Hall–Kier alpha value is -4.00. The fraction of sp³-hybridized carbons (Fsp3) is 0.478. The molecule has 0 radical (unpaired) electrons. The van der Waals surface area contributed by atoms with Gasteiger partial charge in [0, 0.05) is 0 Å². The van der Waals surface area contributed by atoms with Crippen molar-refractivity contribution in [3.8, 4) is 0 Å². The highest BCUT2D eigenvalue weighted by Crippen LogP contribution is 2.08. The van der Waals surface area contributed by atoms with E-state index >= 15 is 0 Å². The minimum Gasteiger partial charge on any atom is -0.481 e. The maximum atomic E-state index is 13.0. The number of amides is 4. The van der Waals surface area contributed by atoms with Crippen molar-refractivity contribution in [2.45, 2.75) is 63.7 Å². The van der Waals surface area contributed by atoms with Gasteiger partial charge in [0.25, 0.3) is 0 Å². The number of rotatable bonds is 15. The molecular formula is C23H33N5O8. The highest BCUT2D eigenvalue weighted by Gasteiger charge is 2.32. The van der Waals surface area contributed by atoms with E-state index in [-0.39, 0.29) is 18.8 Å². The number of carbonyl (C=O) groups excluding carboxylic acids is 4. The van der Waals surface area contributed by atoms with E-state index in [0.29, 0.717) is 0 Å². The summed E-state index contributed by atoms with van der Waals surface area (Å²) in [5, 5.41) is 25.1. The van der Waals surface area contributed by atoms with E-state index < -0.39 is 72.6 Å². The van der Waals surface area contributed by atoms with Crippen LogP contribution in [0.5, 0.6) is 0 Å². The molecule has 36 heavy (non-hydrogen) atoms. The molecule has 4 unspecified atom stereocenters. The summed E-state index contributed by atoms with van der Waals surface area (Å²) in [6.07, 6.45) is -1.25. The Bertz CT molecular complexity index is 953. The molecule has 0 aliphatic carbocycles. The zero-order valence-corrected chi connectivity index (χ0v) is 20.1. The van der Waals surface area contributed by atoms with Gasteiger partial charge in [-0.1, -0.05) is 44.2 Å². The average Bonchev–Trinajstić information content (AvgIpc) is 2.77. The molecule has 0 fully saturated rings. The SMILES string of the molecule is CC(C)CC(NC(=O)C(N)Cc1ccccc1)C(=O)NC(CC(=O)O)C(=O)NC(CC(N)=O)C(=O)O. The molecule has 4 atom stereocenters. The minimum atomic E-state index is -1.72. The van der Waals surface area contributed by atoms with Crippen molar-refractivity contribution in [3.05, 3.63) is 35.9 Å². The number of nitrogens with one attached hydrogen (secondary N) is 3. The number of carboxylic acid groups (broad SMARTS) is 2. The van der Waals surface area contributed by atoms with Crippen molar-refractivity contribution in [2.75, 3.05) is 0 Å². The molecule has 1 aromatic carbocycles. The van der Waals surface area contributed by atoms with Gasteiger partial charge in [0.15, 0.2) is 0 Å². The maximum Gasteiger partial charge on any atom is 0.326 e. The van der Waals surface area contributed by atoms with E-state index in [2.05, 4.69) is 10.6 Å². The lowest BCUT2D eigenvalue weighted by Gasteiger charge is -2.25. The Morgan fingerprint density at radius 1 is 0.806 bits per heavy atom. The summed E-state index contributed by atoms with van der Waals surface area (Å²) in [6.45, 7) is 3.58. The topological polar surface area (TPSA) is 231 Å². The van der Waals surface area contributed by atoms with Gasteiger partial charge in [-0.05, 0) is 24.3 Å². The fourth-order valence-corrected chi connectivity index (χ4v) is 3.27. The predicted octanol–water partition coefficient (Wildman–Crippen LogP) is -1.51. The first-order chi connectivity index (χ1) is 16.8. The second kappa shape index (κ2) is 14.4. The predicted molar refractivity (Wildman–Crippen MR) is 127 cm³/mol. The lowest BCUT2D eigenvalue weighted by atomic mass is 10.0. The third-order valence-electron chi connectivity index (χ3n) is 5.01. The molecule has 4 amide bonds. The monoisotopic (exact) mass is 507 g/mol. The number of carboxylic acids is 2. The number of carbonyl (C=O) groups is 6. The van der Waals surface area contributed by atoms with Crippen molar-refractivity contribution < 1.29 is 39.0 Å². The molecule has 1 rings (SSSR count). The van der Waals surface area contributed by atoms with Gasteiger partial charge in [0.2, 0.25) is 23.6 Å². The van der Waals surface area contributed by atoms with Gasteiger partial charge in [-0.15, -0.1) is 0 Å². The third kappa shape index (κ3) is 11.0. The van der Waals surface area contributed by atoms with Crippen LogP contribution in [0.3, 0.4) is 0 Å². The fourth-order valence-electron chi connectivity index (χ4n) is 3.27. The quantitative estimate of drug-likeness (QED) is 0.146. The van der Waals surface area contributed by atoms with Crippen LogP contribution in [0.1, 0.15) is 38.7 Å². The number of hydrogen-bond donors (Lipinski definition) is 7. The largest absolute Gasteiger partial charge is 0.481 e. The van der Waals surface area contributed by atoms with Crippen LogP contribution in [0.2, 0.25) is 0 Å². The average molecular weight is 508 g/mol. The molecule has 0 saturated carbocycles. The second-order valence-corrected chi connectivity index (χ2v) is 8.72. The highest BCUT2D eigenvalue weighted by molar-refractivity contribution is 5.96. The molecule has 0 aromatic heterocycles. The van der Waals surface area contributed by atoms with Gasteiger partial charge in [-0.2, -0.15) is 0 Å². The van der Waals surface area contributed by atoms with Gasteiger partial charge in [0.1, 0.15) is 18.1 Å².